The molecule has 0 aliphatic heterocycles. The molecule has 0 aromatic rings. The number of unbranched alkanes of at least 4 members (excludes halogenated alkanes) is 2. The predicted molar refractivity (Wildman–Crippen MR) is 72.5 cm³/mol. The Morgan fingerprint density at radius 2 is 1.72 bits per heavy atom. The average molecular weight is 260 g/mol. The van der Waals surface area contributed by atoms with Gasteiger partial charge in [-0.05, 0) is 32.9 Å². The van der Waals surface area contributed by atoms with Gasteiger partial charge in [0.25, 0.3) is 0 Å². The lowest BCUT2D eigenvalue weighted by molar-refractivity contribution is -0.122. The van der Waals surface area contributed by atoms with Gasteiger partial charge in [-0.15, -0.1) is 0 Å². The SMILES string of the molecule is CCCCN(C)CCOCCCCOCC(N)=O. The van der Waals surface area contributed by atoms with Crippen LogP contribution in [0.15, 0.2) is 0 Å². The fourth-order valence-corrected chi connectivity index (χ4v) is 1.44. The van der Waals surface area contributed by atoms with E-state index in [2.05, 4.69) is 18.9 Å². The lowest BCUT2D eigenvalue weighted by Crippen LogP contribution is -2.24. The van der Waals surface area contributed by atoms with Crippen molar-refractivity contribution in [2.75, 3.05) is 46.6 Å². The van der Waals surface area contributed by atoms with Gasteiger partial charge < -0.3 is 20.1 Å². The summed E-state index contributed by atoms with van der Waals surface area (Å²) >= 11 is 0. The first-order valence-electron chi connectivity index (χ1n) is 6.79. The molecular formula is C13H28N2O3. The maximum Gasteiger partial charge on any atom is 0.243 e. The van der Waals surface area contributed by atoms with Crippen molar-refractivity contribution in [3.8, 4) is 0 Å². The molecule has 0 heterocycles. The van der Waals surface area contributed by atoms with Crippen molar-refractivity contribution in [3.05, 3.63) is 0 Å². The first-order valence-corrected chi connectivity index (χ1v) is 6.79. The van der Waals surface area contributed by atoms with Gasteiger partial charge in [0, 0.05) is 19.8 Å². The average Bonchev–Trinajstić information content (AvgIpc) is 2.34. The lowest BCUT2D eigenvalue weighted by Gasteiger charge is -2.15. The molecule has 0 spiro atoms. The molecule has 0 aliphatic rings. The fourth-order valence-electron chi connectivity index (χ4n) is 1.44. The van der Waals surface area contributed by atoms with Crippen LogP contribution in [0.1, 0.15) is 32.6 Å². The molecule has 5 nitrogen and oxygen atoms in total. The zero-order valence-corrected chi connectivity index (χ0v) is 11.8. The van der Waals surface area contributed by atoms with E-state index in [1.807, 2.05) is 0 Å². The number of hydrogen-bond donors (Lipinski definition) is 1. The van der Waals surface area contributed by atoms with E-state index in [1.165, 1.54) is 12.8 Å². The summed E-state index contributed by atoms with van der Waals surface area (Å²) in [5.74, 6) is -0.415. The van der Waals surface area contributed by atoms with Crippen LogP contribution in [0.2, 0.25) is 0 Å². The highest BCUT2D eigenvalue weighted by molar-refractivity contribution is 5.74. The number of carbonyl (C=O) groups excluding carboxylic acids is 1. The number of ether oxygens (including phenoxy) is 2. The molecule has 0 saturated carbocycles. The van der Waals surface area contributed by atoms with Crippen molar-refractivity contribution < 1.29 is 14.3 Å². The summed E-state index contributed by atoms with van der Waals surface area (Å²) in [6.45, 7) is 6.44. The van der Waals surface area contributed by atoms with E-state index >= 15 is 0 Å². The number of likely N-dealkylation sites (N-methyl/N-ethyl adjacent to an activating group) is 1. The van der Waals surface area contributed by atoms with Gasteiger partial charge in [0.15, 0.2) is 0 Å². The van der Waals surface area contributed by atoms with Crippen LogP contribution in [0.5, 0.6) is 0 Å². The van der Waals surface area contributed by atoms with E-state index < -0.39 is 5.91 Å². The zero-order valence-electron chi connectivity index (χ0n) is 11.8. The van der Waals surface area contributed by atoms with Gasteiger partial charge in [-0.3, -0.25) is 4.79 Å². The van der Waals surface area contributed by atoms with Gasteiger partial charge >= 0.3 is 0 Å². The second kappa shape index (κ2) is 12.8. The highest BCUT2D eigenvalue weighted by Crippen LogP contribution is 1.94. The Hall–Kier alpha value is -0.650. The van der Waals surface area contributed by atoms with Gasteiger partial charge in [0.2, 0.25) is 5.91 Å². The Bertz CT molecular complexity index is 201. The van der Waals surface area contributed by atoms with E-state index in [0.29, 0.717) is 6.61 Å². The summed E-state index contributed by atoms with van der Waals surface area (Å²) in [5.41, 5.74) is 4.94. The standard InChI is InChI=1S/C13H28N2O3/c1-3-4-7-15(2)8-11-17-9-5-6-10-18-12-13(14)16/h3-12H2,1-2H3,(H2,14,16). The zero-order chi connectivity index (χ0) is 13.6. The molecule has 0 rings (SSSR count). The summed E-state index contributed by atoms with van der Waals surface area (Å²) in [7, 11) is 2.12. The smallest absolute Gasteiger partial charge is 0.243 e. The van der Waals surface area contributed by atoms with Crippen LogP contribution in [-0.2, 0) is 14.3 Å². The molecule has 18 heavy (non-hydrogen) atoms. The molecule has 0 unspecified atom stereocenters. The van der Waals surface area contributed by atoms with Crippen LogP contribution < -0.4 is 5.73 Å². The number of rotatable bonds is 13. The quantitative estimate of drug-likeness (QED) is 0.502. The van der Waals surface area contributed by atoms with Crippen LogP contribution in [0, 0.1) is 0 Å². The molecule has 5 heteroatoms. The van der Waals surface area contributed by atoms with Crippen LogP contribution in [0.25, 0.3) is 0 Å². The van der Waals surface area contributed by atoms with Crippen LogP contribution >= 0.6 is 0 Å². The van der Waals surface area contributed by atoms with Gasteiger partial charge in [0.05, 0.1) is 6.61 Å². The summed E-state index contributed by atoms with van der Waals surface area (Å²) in [6.07, 6.45) is 4.33. The number of hydrogen-bond acceptors (Lipinski definition) is 4. The van der Waals surface area contributed by atoms with Crippen molar-refractivity contribution in [2.45, 2.75) is 32.6 Å². The van der Waals surface area contributed by atoms with E-state index in [-0.39, 0.29) is 6.61 Å². The predicted octanol–water partition coefficient (Wildman–Crippen LogP) is 1.02. The summed E-state index contributed by atoms with van der Waals surface area (Å²) in [5, 5.41) is 0. The van der Waals surface area contributed by atoms with E-state index in [4.69, 9.17) is 15.2 Å². The largest absolute Gasteiger partial charge is 0.380 e. The van der Waals surface area contributed by atoms with Gasteiger partial charge in [-0.2, -0.15) is 0 Å². The van der Waals surface area contributed by atoms with Gasteiger partial charge in [0.1, 0.15) is 6.61 Å². The molecule has 0 bridgehead atoms. The molecule has 0 atom stereocenters. The van der Waals surface area contributed by atoms with Crippen molar-refractivity contribution in [1.82, 2.24) is 4.90 Å². The Kier molecular flexibility index (Phi) is 12.3. The molecule has 0 aromatic carbocycles. The maximum absolute atomic E-state index is 10.4. The third-order valence-electron chi connectivity index (χ3n) is 2.58. The van der Waals surface area contributed by atoms with Crippen molar-refractivity contribution >= 4 is 5.91 Å². The Morgan fingerprint density at radius 1 is 1.06 bits per heavy atom. The monoisotopic (exact) mass is 260 g/mol. The van der Waals surface area contributed by atoms with Gasteiger partial charge in [-0.1, -0.05) is 13.3 Å². The lowest BCUT2D eigenvalue weighted by atomic mass is 10.3. The first kappa shape index (κ1) is 17.4. The molecule has 0 saturated heterocycles. The molecule has 0 radical (unpaired) electrons. The highest BCUT2D eigenvalue weighted by atomic mass is 16.5. The Morgan fingerprint density at radius 3 is 2.33 bits per heavy atom. The van der Waals surface area contributed by atoms with Crippen molar-refractivity contribution in [1.29, 1.82) is 0 Å². The van der Waals surface area contributed by atoms with Crippen LogP contribution in [-0.4, -0.2) is 57.4 Å². The fraction of sp³-hybridized carbons (Fsp3) is 0.923. The molecule has 0 aliphatic carbocycles. The number of amides is 1. The minimum absolute atomic E-state index is 0.0169. The normalized spacial score (nSPS) is 11.1. The number of carbonyl (C=O) groups is 1. The van der Waals surface area contributed by atoms with E-state index in [9.17, 15) is 4.79 Å². The summed E-state index contributed by atoms with van der Waals surface area (Å²) in [6, 6.07) is 0. The molecular weight excluding hydrogens is 232 g/mol. The summed E-state index contributed by atoms with van der Waals surface area (Å²) in [4.78, 5) is 12.7. The molecule has 1 amide bonds. The topological polar surface area (TPSA) is 64.8 Å². The van der Waals surface area contributed by atoms with Crippen LogP contribution in [0.4, 0.5) is 0 Å². The first-order chi connectivity index (χ1) is 8.66. The minimum Gasteiger partial charge on any atom is -0.380 e. The second-order valence-electron chi connectivity index (χ2n) is 4.50. The Labute approximate surface area is 111 Å². The molecule has 108 valence electrons. The molecule has 2 N–H and O–H groups in total. The van der Waals surface area contributed by atoms with E-state index in [1.54, 1.807) is 0 Å². The Balaban J connectivity index is 3.09. The molecule has 0 aromatic heterocycles. The number of primary amides is 1. The third kappa shape index (κ3) is 13.4. The maximum atomic E-state index is 10.4. The highest BCUT2D eigenvalue weighted by Gasteiger charge is 1.97. The number of nitrogens with two attached hydrogens (primary N) is 1. The van der Waals surface area contributed by atoms with E-state index in [0.717, 1.165) is 39.1 Å². The van der Waals surface area contributed by atoms with Crippen LogP contribution in [0.3, 0.4) is 0 Å². The second-order valence-corrected chi connectivity index (χ2v) is 4.50. The third-order valence-corrected chi connectivity index (χ3v) is 2.58. The van der Waals surface area contributed by atoms with Gasteiger partial charge in [-0.25, -0.2) is 0 Å². The van der Waals surface area contributed by atoms with Crippen molar-refractivity contribution in [3.63, 3.8) is 0 Å². The summed E-state index contributed by atoms with van der Waals surface area (Å²) < 4.78 is 10.6. The number of nitrogens with zero attached hydrogens (tertiary/aromatic N) is 1. The minimum atomic E-state index is -0.415. The van der Waals surface area contributed by atoms with Crippen molar-refractivity contribution in [2.24, 2.45) is 5.73 Å². The molecule has 0 fully saturated rings.